The number of hydrogen-bond donors (Lipinski definition) is 2. The number of imidazole rings is 2. The molecule has 1 aromatic carbocycles. The number of halogens is 1. The lowest BCUT2D eigenvalue weighted by molar-refractivity contribution is -0.0298. The number of nitrogens with one attached hydrogen (secondary N) is 1. The summed E-state index contributed by atoms with van der Waals surface area (Å²) in [6.45, 7) is 1.23. The predicted octanol–water partition coefficient (Wildman–Crippen LogP) is 3.70. The Morgan fingerprint density at radius 3 is 2.85 bits per heavy atom. The standard InChI is InChI=1S/C23H24FN7O3/c24-14-6-7-15-20(18(14)23(32)33)31(13-4-5-13)16(29-15)8-9-25-21-19-22(27-11-26-21)30(12-28-19)17-3-1-2-10-34-17/h6-7,11-13,17H,1-5,8-10H2,(H,32,33)(H,25,26,27)/t17-/m0/s1. The number of ether oxygens (including phenoxy) is 1. The number of rotatable bonds is 7. The third kappa shape index (κ3) is 3.56. The van der Waals surface area contributed by atoms with Crippen molar-refractivity contribution in [2.24, 2.45) is 0 Å². The average Bonchev–Trinajstić information content (AvgIpc) is 3.47. The Balaban J connectivity index is 1.26. The highest BCUT2D eigenvalue weighted by Gasteiger charge is 2.31. The summed E-state index contributed by atoms with van der Waals surface area (Å²) in [5, 5.41) is 12.9. The lowest BCUT2D eigenvalue weighted by atomic mass is 10.1. The minimum Gasteiger partial charge on any atom is -0.478 e. The largest absolute Gasteiger partial charge is 0.478 e. The second kappa shape index (κ2) is 8.32. The number of aromatic nitrogens is 6. The number of carbonyl (C=O) groups is 1. The van der Waals surface area contributed by atoms with Crippen LogP contribution in [-0.2, 0) is 11.2 Å². The molecule has 1 aliphatic heterocycles. The van der Waals surface area contributed by atoms with Crippen LogP contribution in [0.3, 0.4) is 0 Å². The molecule has 10 nitrogen and oxygen atoms in total. The van der Waals surface area contributed by atoms with Crippen molar-refractivity contribution in [3.05, 3.63) is 42.0 Å². The molecule has 1 atom stereocenters. The van der Waals surface area contributed by atoms with Crippen molar-refractivity contribution < 1.29 is 19.0 Å². The fourth-order valence-corrected chi connectivity index (χ4v) is 4.75. The monoisotopic (exact) mass is 465 g/mol. The van der Waals surface area contributed by atoms with Crippen molar-refractivity contribution in [3.63, 3.8) is 0 Å². The molecule has 6 rings (SSSR count). The van der Waals surface area contributed by atoms with Gasteiger partial charge in [0.05, 0.1) is 17.4 Å². The van der Waals surface area contributed by atoms with Crippen molar-refractivity contribution in [2.75, 3.05) is 18.5 Å². The lowest BCUT2D eigenvalue weighted by Gasteiger charge is -2.23. The van der Waals surface area contributed by atoms with Gasteiger partial charge in [0, 0.05) is 25.6 Å². The molecule has 11 heteroatoms. The van der Waals surface area contributed by atoms with Gasteiger partial charge in [0.2, 0.25) is 0 Å². The topological polar surface area (TPSA) is 120 Å². The van der Waals surface area contributed by atoms with Gasteiger partial charge >= 0.3 is 5.97 Å². The van der Waals surface area contributed by atoms with Gasteiger partial charge in [-0.1, -0.05) is 0 Å². The molecule has 3 aromatic heterocycles. The summed E-state index contributed by atoms with van der Waals surface area (Å²) in [4.78, 5) is 29.7. The van der Waals surface area contributed by atoms with Gasteiger partial charge in [-0.3, -0.25) is 4.57 Å². The second-order valence-electron chi connectivity index (χ2n) is 8.77. The first-order valence-electron chi connectivity index (χ1n) is 11.6. The minimum atomic E-state index is -1.28. The molecule has 2 aliphatic rings. The molecule has 1 saturated carbocycles. The Labute approximate surface area is 193 Å². The zero-order valence-electron chi connectivity index (χ0n) is 18.4. The van der Waals surface area contributed by atoms with E-state index in [1.54, 1.807) is 12.4 Å². The van der Waals surface area contributed by atoms with Crippen molar-refractivity contribution in [2.45, 2.75) is 50.8 Å². The van der Waals surface area contributed by atoms with E-state index in [4.69, 9.17) is 4.74 Å². The number of nitrogens with zero attached hydrogens (tertiary/aromatic N) is 6. The Morgan fingerprint density at radius 1 is 1.21 bits per heavy atom. The highest BCUT2D eigenvalue weighted by atomic mass is 19.1. The molecular formula is C23H24FN7O3. The summed E-state index contributed by atoms with van der Waals surface area (Å²) in [6.07, 6.45) is 8.65. The van der Waals surface area contributed by atoms with E-state index < -0.39 is 11.8 Å². The maximum Gasteiger partial charge on any atom is 0.340 e. The third-order valence-electron chi connectivity index (χ3n) is 6.47. The highest BCUT2D eigenvalue weighted by Crippen LogP contribution is 2.40. The van der Waals surface area contributed by atoms with Crippen LogP contribution in [0.25, 0.3) is 22.2 Å². The first kappa shape index (κ1) is 21.0. The molecule has 0 radical (unpaired) electrons. The molecule has 2 N–H and O–H groups in total. The summed E-state index contributed by atoms with van der Waals surface area (Å²) < 4.78 is 24.1. The lowest BCUT2D eigenvalue weighted by Crippen LogP contribution is -2.17. The van der Waals surface area contributed by atoms with Gasteiger partial charge in [-0.05, 0) is 44.2 Å². The van der Waals surface area contributed by atoms with Crippen LogP contribution in [-0.4, -0.2) is 53.3 Å². The summed E-state index contributed by atoms with van der Waals surface area (Å²) in [7, 11) is 0. The number of fused-ring (bicyclic) bond motifs is 2. The number of benzene rings is 1. The van der Waals surface area contributed by atoms with E-state index in [9.17, 15) is 14.3 Å². The summed E-state index contributed by atoms with van der Waals surface area (Å²) >= 11 is 0. The van der Waals surface area contributed by atoms with Crippen LogP contribution in [0.2, 0.25) is 0 Å². The molecular weight excluding hydrogens is 441 g/mol. The molecule has 4 heterocycles. The van der Waals surface area contributed by atoms with E-state index in [0.29, 0.717) is 35.3 Å². The van der Waals surface area contributed by atoms with Crippen LogP contribution in [0.15, 0.2) is 24.8 Å². The zero-order chi connectivity index (χ0) is 23.2. The van der Waals surface area contributed by atoms with Gasteiger partial charge < -0.3 is 19.7 Å². The van der Waals surface area contributed by atoms with Crippen molar-refractivity contribution in [1.82, 2.24) is 29.1 Å². The molecule has 0 spiro atoms. The van der Waals surface area contributed by atoms with Crippen molar-refractivity contribution in [1.29, 1.82) is 0 Å². The smallest absolute Gasteiger partial charge is 0.340 e. The van der Waals surface area contributed by atoms with Gasteiger partial charge in [0.25, 0.3) is 0 Å². The van der Waals surface area contributed by atoms with Gasteiger partial charge in [0.15, 0.2) is 17.0 Å². The average molecular weight is 465 g/mol. The van der Waals surface area contributed by atoms with Gasteiger partial charge in [-0.2, -0.15) is 0 Å². The van der Waals surface area contributed by atoms with Crippen LogP contribution in [0.1, 0.15) is 60.6 Å². The molecule has 2 fully saturated rings. The normalized spacial score (nSPS) is 18.6. The van der Waals surface area contributed by atoms with Crippen LogP contribution in [0, 0.1) is 5.82 Å². The maximum absolute atomic E-state index is 14.3. The van der Waals surface area contributed by atoms with E-state index in [2.05, 4.69) is 25.3 Å². The van der Waals surface area contributed by atoms with E-state index in [1.165, 1.54) is 12.4 Å². The van der Waals surface area contributed by atoms with Gasteiger partial charge in [0.1, 0.15) is 29.8 Å². The molecule has 176 valence electrons. The van der Waals surface area contributed by atoms with Crippen LogP contribution < -0.4 is 5.32 Å². The number of carboxylic acids is 1. The summed E-state index contributed by atoms with van der Waals surface area (Å²) in [5.41, 5.74) is 1.93. The number of anilines is 1. The molecule has 0 amide bonds. The molecule has 0 bridgehead atoms. The Bertz CT molecular complexity index is 1390. The first-order chi connectivity index (χ1) is 16.6. The maximum atomic E-state index is 14.3. The number of hydrogen-bond acceptors (Lipinski definition) is 7. The van der Waals surface area contributed by atoms with Gasteiger partial charge in [-0.15, -0.1) is 0 Å². The summed E-state index contributed by atoms with van der Waals surface area (Å²) in [6, 6.07) is 2.86. The van der Waals surface area contributed by atoms with Crippen molar-refractivity contribution in [3.8, 4) is 0 Å². The predicted molar refractivity (Wildman–Crippen MR) is 121 cm³/mol. The van der Waals surface area contributed by atoms with E-state index in [-0.39, 0.29) is 17.8 Å². The Morgan fingerprint density at radius 2 is 2.09 bits per heavy atom. The Kier molecular flexibility index (Phi) is 5.13. The molecule has 0 unspecified atom stereocenters. The van der Waals surface area contributed by atoms with Crippen molar-refractivity contribution >= 4 is 34.0 Å². The summed E-state index contributed by atoms with van der Waals surface area (Å²) in [5.74, 6) is -0.682. The number of aromatic carboxylic acids is 1. The molecule has 1 saturated heterocycles. The Hall–Kier alpha value is -3.60. The SMILES string of the molecule is O=C(O)c1c(F)ccc2nc(CCNc3ncnc4c3ncn4[C@@H]3CCCCO3)n(C3CC3)c12. The fourth-order valence-electron chi connectivity index (χ4n) is 4.75. The highest BCUT2D eigenvalue weighted by molar-refractivity contribution is 6.01. The molecule has 1 aliphatic carbocycles. The van der Waals surface area contributed by atoms with Crippen LogP contribution in [0.4, 0.5) is 10.2 Å². The quantitative estimate of drug-likeness (QED) is 0.424. The minimum absolute atomic E-state index is 0.0659. The van der Waals surface area contributed by atoms with E-state index >= 15 is 0 Å². The van der Waals surface area contributed by atoms with E-state index in [0.717, 1.165) is 50.2 Å². The number of carboxylic acid groups (broad SMARTS) is 1. The van der Waals surface area contributed by atoms with Crippen LogP contribution in [0.5, 0.6) is 0 Å². The molecule has 4 aromatic rings. The third-order valence-corrected chi connectivity index (χ3v) is 6.47. The second-order valence-corrected chi connectivity index (χ2v) is 8.77. The zero-order valence-corrected chi connectivity index (χ0v) is 18.4. The van der Waals surface area contributed by atoms with E-state index in [1.807, 2.05) is 9.13 Å². The fraction of sp³-hybridized carbons (Fsp3) is 0.435. The van der Waals surface area contributed by atoms with Crippen LogP contribution >= 0.6 is 0 Å². The molecule has 34 heavy (non-hydrogen) atoms. The first-order valence-corrected chi connectivity index (χ1v) is 11.6. The van der Waals surface area contributed by atoms with Gasteiger partial charge in [-0.25, -0.2) is 29.1 Å².